The fraction of sp³-hybridized carbons (Fsp3) is 0.321. The monoisotopic (exact) mass is 570 g/mol. The Balaban J connectivity index is 0.00000178. The van der Waals surface area contributed by atoms with Crippen LogP contribution in [0.3, 0.4) is 0 Å². The Morgan fingerprint density at radius 1 is 0.925 bits per heavy atom. The van der Waals surface area contributed by atoms with E-state index in [0.717, 1.165) is 36.5 Å². The van der Waals surface area contributed by atoms with Gasteiger partial charge < -0.3 is 5.73 Å². The molecule has 0 aliphatic heterocycles. The predicted molar refractivity (Wildman–Crippen MR) is 136 cm³/mol. The van der Waals surface area contributed by atoms with E-state index in [0.29, 0.717) is 30.5 Å². The third kappa shape index (κ3) is 9.67. The number of allylic oxidation sites excluding steroid dienone is 2. The molecule has 1 aliphatic carbocycles. The van der Waals surface area contributed by atoms with Crippen LogP contribution >= 0.6 is 0 Å². The van der Waals surface area contributed by atoms with Crippen molar-refractivity contribution in [1.29, 1.82) is 0 Å². The molecule has 2 aromatic carbocycles. The molecule has 0 atom stereocenters. The lowest BCUT2D eigenvalue weighted by molar-refractivity contribution is -0.143. The number of hydroxylamine groups is 1. The summed E-state index contributed by atoms with van der Waals surface area (Å²) in [6, 6.07) is 6.47. The number of alkyl halides is 6. The lowest BCUT2D eigenvalue weighted by Gasteiger charge is -2.19. The molecule has 12 heteroatoms. The van der Waals surface area contributed by atoms with E-state index in [1.54, 1.807) is 17.6 Å². The molecule has 0 aromatic heterocycles. The minimum Gasteiger partial charge on any atom is -0.372 e. The number of carbonyl (C=O) groups excluding carboxylic acids is 3. The van der Waals surface area contributed by atoms with E-state index in [4.69, 9.17) is 10.0 Å². The normalized spacial score (nSPS) is 14.5. The number of Topliss-reactive ketones (excluding diaryl/α,β-unsaturated/α-hetero) is 1. The van der Waals surface area contributed by atoms with Gasteiger partial charge in [0.15, 0.2) is 5.78 Å². The third-order valence-electron chi connectivity index (χ3n) is 5.99. The molecule has 1 aliphatic rings. The molecule has 0 saturated heterocycles. The van der Waals surface area contributed by atoms with Crippen molar-refractivity contribution >= 4 is 30.3 Å². The maximum absolute atomic E-state index is 13.2. The zero-order valence-electron chi connectivity index (χ0n) is 21.2. The maximum Gasteiger partial charge on any atom is 0.416 e. The van der Waals surface area contributed by atoms with E-state index in [2.05, 4.69) is 5.73 Å². The average molecular weight is 571 g/mol. The smallest absolute Gasteiger partial charge is 0.372 e. The molecule has 0 spiro atoms. The van der Waals surface area contributed by atoms with Crippen molar-refractivity contribution in [2.24, 2.45) is 5.73 Å². The molecule has 2 amide bonds. The second-order valence-corrected chi connectivity index (χ2v) is 8.93. The van der Waals surface area contributed by atoms with Crippen LogP contribution in [0.4, 0.5) is 26.3 Å². The molecular formula is C28H28F6N2O4. The van der Waals surface area contributed by atoms with Crippen LogP contribution in [0.1, 0.15) is 76.7 Å². The van der Waals surface area contributed by atoms with Gasteiger partial charge in [0.25, 0.3) is 0 Å². The highest BCUT2D eigenvalue weighted by Crippen LogP contribution is 2.37. The van der Waals surface area contributed by atoms with Gasteiger partial charge in [0, 0.05) is 17.6 Å². The molecule has 0 saturated carbocycles. The van der Waals surface area contributed by atoms with Crippen molar-refractivity contribution in [3.63, 3.8) is 0 Å². The van der Waals surface area contributed by atoms with Crippen LogP contribution in [0.15, 0.2) is 48.0 Å². The van der Waals surface area contributed by atoms with E-state index in [1.165, 1.54) is 0 Å². The Hall–Kier alpha value is -3.93. The second-order valence-electron chi connectivity index (χ2n) is 8.93. The topological polar surface area (TPSA) is 109 Å². The number of aryl methyl sites for hydroxylation is 1. The van der Waals surface area contributed by atoms with Crippen LogP contribution in [-0.4, -0.2) is 23.3 Å². The predicted octanol–water partition coefficient (Wildman–Crippen LogP) is 6.51. The fourth-order valence-corrected chi connectivity index (χ4v) is 4.10. The van der Waals surface area contributed by atoms with Crippen molar-refractivity contribution in [3.8, 4) is 0 Å². The standard InChI is InChI=1S/C27H25F6NO3.CH3NO/c28-26(29,30)21-14-18(15-22(16-21)27(31,32)33)13-20-10-9-19-12-17(8-11-23(19)25(20)36)6-4-2-1-3-5-7-24(35)34-37;2-1-3/h4,6,8,11-16,37H,1-3,5,7,9-10H2,(H,34,35);1H,(H2,2,3)/b6-4+,20-13+;. The summed E-state index contributed by atoms with van der Waals surface area (Å²) in [5.74, 6) is -0.840. The van der Waals surface area contributed by atoms with Crippen molar-refractivity contribution in [2.75, 3.05) is 0 Å². The number of carbonyl (C=O) groups is 3. The molecule has 216 valence electrons. The second kappa shape index (κ2) is 14.5. The molecule has 3 rings (SSSR count). The highest BCUT2D eigenvalue weighted by molar-refractivity contribution is 6.13. The minimum atomic E-state index is -4.96. The van der Waals surface area contributed by atoms with Gasteiger partial charge in [-0.3, -0.25) is 19.6 Å². The first-order valence-corrected chi connectivity index (χ1v) is 12.2. The van der Waals surface area contributed by atoms with Gasteiger partial charge in [0.05, 0.1) is 11.1 Å². The summed E-state index contributed by atoms with van der Waals surface area (Å²) < 4.78 is 78.9. The number of benzene rings is 2. The number of fused-ring (bicyclic) bond motifs is 1. The van der Waals surface area contributed by atoms with E-state index in [1.807, 2.05) is 18.2 Å². The summed E-state index contributed by atoms with van der Waals surface area (Å²) >= 11 is 0. The van der Waals surface area contributed by atoms with E-state index in [9.17, 15) is 35.9 Å². The Labute approximate surface area is 226 Å². The number of rotatable bonds is 8. The first-order valence-electron chi connectivity index (χ1n) is 12.2. The van der Waals surface area contributed by atoms with Gasteiger partial charge >= 0.3 is 12.4 Å². The number of nitrogens with one attached hydrogen (secondary N) is 1. The van der Waals surface area contributed by atoms with Gasteiger partial charge in [0.1, 0.15) is 0 Å². The number of halogens is 6. The van der Waals surface area contributed by atoms with Gasteiger partial charge in [-0.25, -0.2) is 5.48 Å². The number of hydrogen-bond donors (Lipinski definition) is 3. The van der Waals surface area contributed by atoms with E-state index >= 15 is 0 Å². The van der Waals surface area contributed by atoms with Crippen molar-refractivity contribution < 1.29 is 45.9 Å². The van der Waals surface area contributed by atoms with Crippen LogP contribution in [0, 0.1) is 0 Å². The van der Waals surface area contributed by atoms with Crippen molar-refractivity contribution in [2.45, 2.75) is 57.3 Å². The van der Waals surface area contributed by atoms with Crippen LogP contribution in [0.5, 0.6) is 0 Å². The Kier molecular flexibility index (Phi) is 11.7. The van der Waals surface area contributed by atoms with Gasteiger partial charge in [-0.15, -0.1) is 0 Å². The van der Waals surface area contributed by atoms with Gasteiger partial charge in [0.2, 0.25) is 12.3 Å². The van der Waals surface area contributed by atoms with Crippen molar-refractivity contribution in [1.82, 2.24) is 5.48 Å². The maximum atomic E-state index is 13.2. The molecule has 6 nitrogen and oxygen atoms in total. The number of unbranched alkanes of at least 4 members (excludes halogenated alkanes) is 3. The SMILES string of the molecule is NC=O.O=C(CCCCC/C=C/c1ccc2c(c1)CC/C(=C\c1cc(C(F)(F)F)cc(C(F)(F)F)c1)C2=O)NO. The Morgan fingerprint density at radius 2 is 1.55 bits per heavy atom. The van der Waals surface area contributed by atoms with E-state index in [-0.39, 0.29) is 36.5 Å². The molecule has 4 N–H and O–H groups in total. The third-order valence-corrected chi connectivity index (χ3v) is 5.99. The fourth-order valence-electron chi connectivity index (χ4n) is 4.10. The number of amides is 2. The molecule has 0 heterocycles. The van der Waals surface area contributed by atoms with Gasteiger partial charge in [-0.2, -0.15) is 26.3 Å². The zero-order chi connectivity index (χ0) is 29.9. The summed E-state index contributed by atoms with van der Waals surface area (Å²) in [5.41, 5.74) is 4.73. The number of hydrogen-bond acceptors (Lipinski definition) is 4. The molecule has 0 radical (unpaired) electrons. The van der Waals surface area contributed by atoms with Gasteiger partial charge in [-0.05, 0) is 73.1 Å². The van der Waals surface area contributed by atoms with Crippen LogP contribution in [-0.2, 0) is 28.4 Å². The summed E-state index contributed by atoms with van der Waals surface area (Å²) in [5, 5.41) is 8.45. The average Bonchev–Trinajstić information content (AvgIpc) is 2.89. The lowest BCUT2D eigenvalue weighted by Crippen LogP contribution is -2.17. The summed E-state index contributed by atoms with van der Waals surface area (Å²) in [7, 11) is 0. The minimum absolute atomic E-state index is 0.0603. The van der Waals surface area contributed by atoms with Crippen LogP contribution in [0.2, 0.25) is 0 Å². The summed E-state index contributed by atoms with van der Waals surface area (Å²) in [4.78, 5) is 32.5. The largest absolute Gasteiger partial charge is 0.416 e. The molecule has 2 aromatic rings. The lowest BCUT2D eigenvalue weighted by atomic mass is 9.85. The van der Waals surface area contributed by atoms with Crippen LogP contribution in [0.25, 0.3) is 12.2 Å². The molecule has 40 heavy (non-hydrogen) atoms. The first-order chi connectivity index (χ1) is 18.8. The number of ketones is 1. The molecule has 0 fully saturated rings. The summed E-state index contributed by atoms with van der Waals surface area (Å²) in [6.45, 7) is 0. The Bertz CT molecular complexity index is 1230. The number of nitrogens with two attached hydrogens (primary N) is 1. The number of primary amides is 1. The first kappa shape index (κ1) is 32.3. The van der Waals surface area contributed by atoms with Crippen molar-refractivity contribution in [3.05, 3.63) is 81.4 Å². The van der Waals surface area contributed by atoms with Crippen LogP contribution < -0.4 is 11.2 Å². The highest BCUT2D eigenvalue weighted by atomic mass is 19.4. The van der Waals surface area contributed by atoms with E-state index < -0.39 is 35.2 Å². The quantitative estimate of drug-likeness (QED) is 0.0840. The molecule has 0 unspecified atom stereocenters. The zero-order valence-corrected chi connectivity index (χ0v) is 21.2. The highest BCUT2D eigenvalue weighted by Gasteiger charge is 2.37. The van der Waals surface area contributed by atoms with Gasteiger partial charge in [-0.1, -0.05) is 36.8 Å². The Morgan fingerprint density at radius 3 is 2.12 bits per heavy atom. The molecule has 0 bridgehead atoms. The molecular weight excluding hydrogens is 542 g/mol. The summed E-state index contributed by atoms with van der Waals surface area (Å²) in [6.07, 6.45) is -0.704.